The molecule has 0 aliphatic carbocycles. The Kier molecular flexibility index (Phi) is 6.13. The number of hydrogen-bond donors (Lipinski definition) is 3. The van der Waals surface area contributed by atoms with Crippen LogP contribution in [0.5, 0.6) is 11.5 Å². The lowest BCUT2D eigenvalue weighted by Gasteiger charge is -2.21. The van der Waals surface area contributed by atoms with E-state index in [4.69, 9.17) is 9.47 Å². The predicted molar refractivity (Wildman–Crippen MR) is 74.6 cm³/mol. The summed E-state index contributed by atoms with van der Waals surface area (Å²) in [6.07, 6.45) is -2.06. The fourth-order valence-corrected chi connectivity index (χ4v) is 1.84. The van der Waals surface area contributed by atoms with Gasteiger partial charge in [-0.05, 0) is 17.7 Å². The van der Waals surface area contributed by atoms with E-state index >= 15 is 0 Å². The van der Waals surface area contributed by atoms with Crippen LogP contribution < -0.4 is 14.8 Å². The van der Waals surface area contributed by atoms with Gasteiger partial charge in [0.2, 0.25) is 5.91 Å². The molecule has 0 saturated carbocycles. The van der Waals surface area contributed by atoms with E-state index in [2.05, 4.69) is 5.32 Å². The summed E-state index contributed by atoms with van der Waals surface area (Å²) in [5, 5.41) is 22.4. The van der Waals surface area contributed by atoms with Gasteiger partial charge in [-0.1, -0.05) is 0 Å². The molecule has 1 aromatic carbocycles. The van der Waals surface area contributed by atoms with Crippen LogP contribution in [0.15, 0.2) is 12.1 Å². The monoisotopic (exact) mass is 297 g/mol. The van der Waals surface area contributed by atoms with Crippen molar-refractivity contribution in [3.05, 3.63) is 23.3 Å². The molecule has 0 saturated heterocycles. The van der Waals surface area contributed by atoms with Crippen molar-refractivity contribution in [2.24, 2.45) is 0 Å². The molecule has 0 spiro atoms. The fraction of sp³-hybridized carbons (Fsp3) is 0.429. The average molecular weight is 297 g/mol. The van der Waals surface area contributed by atoms with Gasteiger partial charge in [0, 0.05) is 19.0 Å². The molecule has 116 valence electrons. The molecule has 2 unspecified atom stereocenters. The molecule has 3 N–H and O–H groups in total. The Morgan fingerprint density at radius 3 is 2.33 bits per heavy atom. The number of hydrogen-bond acceptors (Lipinski definition) is 6. The van der Waals surface area contributed by atoms with Crippen LogP contribution in [0, 0.1) is 0 Å². The molecule has 2 atom stereocenters. The zero-order valence-electron chi connectivity index (χ0n) is 12.1. The number of nitrogens with one attached hydrogen (secondary N) is 1. The van der Waals surface area contributed by atoms with E-state index in [-0.39, 0.29) is 23.6 Å². The largest absolute Gasteiger partial charge is 0.493 e. The molecule has 0 aliphatic heterocycles. The van der Waals surface area contributed by atoms with Gasteiger partial charge >= 0.3 is 0 Å². The Bertz CT molecular complexity index is 516. The minimum Gasteiger partial charge on any atom is -0.493 e. The highest BCUT2D eigenvalue weighted by molar-refractivity contribution is 5.79. The number of rotatable bonds is 7. The third-order valence-corrected chi connectivity index (χ3v) is 2.96. The van der Waals surface area contributed by atoms with Gasteiger partial charge in [0.15, 0.2) is 17.8 Å². The van der Waals surface area contributed by atoms with E-state index in [0.717, 1.165) is 0 Å². The molecular weight excluding hydrogens is 278 g/mol. The first-order valence-corrected chi connectivity index (χ1v) is 6.26. The lowest BCUT2D eigenvalue weighted by atomic mass is 9.98. The van der Waals surface area contributed by atoms with Crippen LogP contribution in [0.2, 0.25) is 0 Å². The summed E-state index contributed by atoms with van der Waals surface area (Å²) in [7, 11) is 2.84. The maximum Gasteiger partial charge on any atom is 0.216 e. The standard InChI is InChI=1S/C14H19NO6/c1-8(17)15-6-11(18)14(19)10-5-13(21-3)12(20-2)4-9(10)7-16/h4-5,7,11,14,18-19H,6H2,1-3H3,(H,15,17). The van der Waals surface area contributed by atoms with Crippen molar-refractivity contribution in [2.75, 3.05) is 20.8 Å². The number of methoxy groups -OCH3 is 2. The molecule has 0 aliphatic rings. The van der Waals surface area contributed by atoms with Crippen molar-refractivity contribution in [2.45, 2.75) is 19.1 Å². The Morgan fingerprint density at radius 2 is 1.86 bits per heavy atom. The molecule has 0 bridgehead atoms. The molecule has 0 heterocycles. The summed E-state index contributed by atoms with van der Waals surface area (Å²) in [5.74, 6) is 0.333. The second-order valence-electron chi connectivity index (χ2n) is 4.40. The van der Waals surface area contributed by atoms with Gasteiger partial charge in [-0.15, -0.1) is 0 Å². The maximum atomic E-state index is 11.1. The SMILES string of the molecule is COc1cc(C=O)c(C(O)C(O)CNC(C)=O)cc1OC. The third kappa shape index (κ3) is 4.17. The van der Waals surface area contributed by atoms with Crippen molar-refractivity contribution in [1.82, 2.24) is 5.32 Å². The topological polar surface area (TPSA) is 105 Å². The summed E-state index contributed by atoms with van der Waals surface area (Å²) < 4.78 is 10.2. The smallest absolute Gasteiger partial charge is 0.216 e. The third-order valence-electron chi connectivity index (χ3n) is 2.96. The summed E-state index contributed by atoms with van der Waals surface area (Å²) in [4.78, 5) is 21.9. The Morgan fingerprint density at radius 1 is 1.29 bits per heavy atom. The maximum absolute atomic E-state index is 11.1. The molecule has 0 aromatic heterocycles. The quantitative estimate of drug-likeness (QED) is 0.614. The van der Waals surface area contributed by atoms with E-state index < -0.39 is 12.2 Å². The van der Waals surface area contributed by atoms with Gasteiger partial charge in [0.1, 0.15) is 12.2 Å². The molecule has 0 fully saturated rings. The first kappa shape index (κ1) is 16.9. The van der Waals surface area contributed by atoms with Crippen molar-refractivity contribution in [3.8, 4) is 11.5 Å². The van der Waals surface area contributed by atoms with Crippen LogP contribution in [0.4, 0.5) is 0 Å². The van der Waals surface area contributed by atoms with Crippen molar-refractivity contribution in [1.29, 1.82) is 0 Å². The zero-order chi connectivity index (χ0) is 16.0. The number of aliphatic hydroxyl groups excluding tert-OH is 2. The summed E-state index contributed by atoms with van der Waals surface area (Å²) in [6, 6.07) is 2.83. The van der Waals surface area contributed by atoms with Gasteiger partial charge < -0.3 is 25.0 Å². The Balaban J connectivity index is 3.09. The molecule has 1 amide bonds. The number of carbonyl (C=O) groups excluding carboxylic acids is 2. The summed E-state index contributed by atoms with van der Waals surface area (Å²) in [5.41, 5.74) is 0.363. The summed E-state index contributed by atoms with van der Waals surface area (Å²) in [6.45, 7) is 1.16. The molecule has 1 rings (SSSR count). The van der Waals surface area contributed by atoms with E-state index in [1.807, 2.05) is 0 Å². The highest BCUT2D eigenvalue weighted by atomic mass is 16.5. The highest BCUT2D eigenvalue weighted by Gasteiger charge is 2.23. The fourth-order valence-electron chi connectivity index (χ4n) is 1.84. The lowest BCUT2D eigenvalue weighted by molar-refractivity contribution is -0.119. The first-order valence-electron chi connectivity index (χ1n) is 6.26. The van der Waals surface area contributed by atoms with Crippen LogP contribution in [-0.2, 0) is 4.79 Å². The van der Waals surface area contributed by atoms with Crippen LogP contribution in [0.25, 0.3) is 0 Å². The molecule has 21 heavy (non-hydrogen) atoms. The van der Waals surface area contributed by atoms with Crippen LogP contribution in [0.3, 0.4) is 0 Å². The van der Waals surface area contributed by atoms with E-state index in [9.17, 15) is 19.8 Å². The molecule has 1 aromatic rings. The van der Waals surface area contributed by atoms with Crippen molar-refractivity contribution < 1.29 is 29.3 Å². The zero-order valence-corrected chi connectivity index (χ0v) is 12.1. The number of benzene rings is 1. The predicted octanol–water partition coefficient (Wildman–Crippen LogP) is 0.0467. The molecule has 7 heteroatoms. The highest BCUT2D eigenvalue weighted by Crippen LogP contribution is 2.33. The number of aliphatic hydroxyl groups is 2. The number of aldehydes is 1. The van der Waals surface area contributed by atoms with Crippen LogP contribution >= 0.6 is 0 Å². The first-order chi connectivity index (χ1) is 9.94. The minimum atomic E-state index is -1.35. The number of carbonyl (C=O) groups is 2. The van der Waals surface area contributed by atoms with E-state index in [1.165, 1.54) is 33.3 Å². The second kappa shape index (κ2) is 7.61. The molecule has 0 radical (unpaired) electrons. The minimum absolute atomic E-state index is 0.136. The van der Waals surface area contributed by atoms with Crippen molar-refractivity contribution >= 4 is 12.2 Å². The van der Waals surface area contributed by atoms with Gasteiger partial charge in [-0.25, -0.2) is 0 Å². The summed E-state index contributed by atoms with van der Waals surface area (Å²) >= 11 is 0. The van der Waals surface area contributed by atoms with E-state index in [0.29, 0.717) is 17.8 Å². The van der Waals surface area contributed by atoms with Gasteiger partial charge in [-0.3, -0.25) is 9.59 Å². The normalized spacial score (nSPS) is 13.2. The van der Waals surface area contributed by atoms with E-state index in [1.54, 1.807) is 0 Å². The average Bonchev–Trinajstić information content (AvgIpc) is 2.50. The lowest BCUT2D eigenvalue weighted by Crippen LogP contribution is -2.34. The molecular formula is C14H19NO6. The Labute approximate surface area is 122 Å². The number of ether oxygens (including phenoxy) is 2. The van der Waals surface area contributed by atoms with Crippen LogP contribution in [-0.4, -0.2) is 49.3 Å². The van der Waals surface area contributed by atoms with Crippen molar-refractivity contribution in [3.63, 3.8) is 0 Å². The second-order valence-corrected chi connectivity index (χ2v) is 4.40. The molecule has 7 nitrogen and oxygen atoms in total. The van der Waals surface area contributed by atoms with Crippen LogP contribution in [0.1, 0.15) is 28.9 Å². The van der Waals surface area contributed by atoms with Gasteiger partial charge in [0.05, 0.1) is 14.2 Å². The van der Waals surface area contributed by atoms with Gasteiger partial charge in [0.25, 0.3) is 0 Å². The Hall–Kier alpha value is -2.12. The van der Waals surface area contributed by atoms with Gasteiger partial charge in [-0.2, -0.15) is 0 Å². The number of amides is 1.